The smallest absolute Gasteiger partial charge is 0.236 e. The average Bonchev–Trinajstić information content (AvgIpc) is 3.26. The molecule has 9 nitrogen and oxygen atoms in total. The van der Waals surface area contributed by atoms with Crippen molar-refractivity contribution in [3.05, 3.63) is 60.9 Å². The Morgan fingerprint density at radius 2 is 1.88 bits per heavy atom. The average molecular weight is 454 g/mol. The van der Waals surface area contributed by atoms with Crippen LogP contribution < -0.4 is 10.5 Å². The number of benzene rings is 2. The van der Waals surface area contributed by atoms with E-state index in [-0.39, 0.29) is 18.4 Å². The number of hydrogen-bond donors (Lipinski definition) is 1. The van der Waals surface area contributed by atoms with Gasteiger partial charge >= 0.3 is 0 Å². The third-order valence-electron chi connectivity index (χ3n) is 5.95. The highest BCUT2D eigenvalue weighted by atomic mass is 16.5. The van der Waals surface area contributed by atoms with Crippen molar-refractivity contribution in [3.63, 3.8) is 0 Å². The van der Waals surface area contributed by atoms with Crippen molar-refractivity contribution in [1.29, 1.82) is 5.26 Å². The summed E-state index contributed by atoms with van der Waals surface area (Å²) < 4.78 is 7.75. The molecule has 0 unspecified atom stereocenters. The molecule has 0 aliphatic carbocycles. The minimum Gasteiger partial charge on any atom is -0.457 e. The van der Waals surface area contributed by atoms with Gasteiger partial charge in [-0.05, 0) is 49.2 Å². The molecule has 2 aromatic carbocycles. The normalized spacial score (nSPS) is 15.7. The molecule has 5 rings (SSSR count). The standard InChI is InChI=1S/C25H23N7O2/c26-13-12-21(33)31-14-4-5-18(15-31)32-25-22(24(27)28-16-29-25)23(30-32)17-8-10-20(11-9-17)34-19-6-2-1-3-7-19/h1-3,6-11,16,18H,4-5,12,14-15H2,(H2,27,28,29)/t18-/m1/s1. The summed E-state index contributed by atoms with van der Waals surface area (Å²) in [4.78, 5) is 22.7. The Morgan fingerprint density at radius 3 is 2.65 bits per heavy atom. The second kappa shape index (κ2) is 9.19. The summed E-state index contributed by atoms with van der Waals surface area (Å²) in [6.45, 7) is 1.12. The van der Waals surface area contributed by atoms with Gasteiger partial charge < -0.3 is 15.4 Å². The molecule has 0 bridgehead atoms. The van der Waals surface area contributed by atoms with Gasteiger partial charge in [0.15, 0.2) is 5.65 Å². The number of piperidine rings is 1. The van der Waals surface area contributed by atoms with E-state index in [0.29, 0.717) is 41.4 Å². The molecule has 2 N–H and O–H groups in total. The first-order chi connectivity index (χ1) is 16.6. The van der Waals surface area contributed by atoms with Gasteiger partial charge in [-0.1, -0.05) is 18.2 Å². The number of likely N-dealkylation sites (tertiary alicyclic amines) is 1. The molecular weight excluding hydrogens is 430 g/mol. The summed E-state index contributed by atoms with van der Waals surface area (Å²) in [6.07, 6.45) is 2.98. The van der Waals surface area contributed by atoms with Crippen LogP contribution in [0.3, 0.4) is 0 Å². The summed E-state index contributed by atoms with van der Waals surface area (Å²) in [6, 6.07) is 19.1. The lowest BCUT2D eigenvalue weighted by Gasteiger charge is -2.32. The number of rotatable bonds is 5. The van der Waals surface area contributed by atoms with E-state index in [2.05, 4.69) is 9.97 Å². The van der Waals surface area contributed by atoms with E-state index >= 15 is 0 Å². The number of carbonyl (C=O) groups is 1. The number of amides is 1. The molecule has 1 aliphatic heterocycles. The molecule has 1 atom stereocenters. The molecule has 9 heteroatoms. The van der Waals surface area contributed by atoms with Crippen LogP contribution in [0.1, 0.15) is 25.3 Å². The van der Waals surface area contributed by atoms with Crippen LogP contribution >= 0.6 is 0 Å². The van der Waals surface area contributed by atoms with Crippen LogP contribution in [0.2, 0.25) is 0 Å². The van der Waals surface area contributed by atoms with E-state index < -0.39 is 0 Å². The molecule has 0 saturated carbocycles. The van der Waals surface area contributed by atoms with E-state index in [4.69, 9.17) is 20.8 Å². The summed E-state index contributed by atoms with van der Waals surface area (Å²) in [5, 5.41) is 14.5. The second-order valence-electron chi connectivity index (χ2n) is 8.16. The Morgan fingerprint density at radius 1 is 1.12 bits per heavy atom. The van der Waals surface area contributed by atoms with Crippen molar-refractivity contribution in [1.82, 2.24) is 24.6 Å². The van der Waals surface area contributed by atoms with Crippen molar-refractivity contribution in [3.8, 4) is 28.8 Å². The summed E-state index contributed by atoms with van der Waals surface area (Å²) in [5.74, 6) is 1.66. The molecule has 170 valence electrons. The topological polar surface area (TPSA) is 123 Å². The zero-order valence-corrected chi connectivity index (χ0v) is 18.5. The van der Waals surface area contributed by atoms with Gasteiger partial charge in [-0.25, -0.2) is 14.6 Å². The molecule has 0 radical (unpaired) electrons. The third-order valence-corrected chi connectivity index (χ3v) is 5.95. The molecule has 3 heterocycles. The number of nitriles is 1. The molecule has 1 amide bonds. The Balaban J connectivity index is 1.48. The minimum absolute atomic E-state index is 0.0670. The number of nitrogens with two attached hydrogens (primary N) is 1. The zero-order chi connectivity index (χ0) is 23.5. The monoisotopic (exact) mass is 453 g/mol. The molecule has 34 heavy (non-hydrogen) atoms. The van der Waals surface area contributed by atoms with Crippen molar-refractivity contribution in [2.75, 3.05) is 18.8 Å². The first-order valence-electron chi connectivity index (χ1n) is 11.1. The number of carbonyl (C=O) groups excluding carboxylic acids is 1. The van der Waals surface area contributed by atoms with Gasteiger partial charge in [0, 0.05) is 18.7 Å². The van der Waals surface area contributed by atoms with Crippen LogP contribution in [0.4, 0.5) is 5.82 Å². The molecular formula is C25H23N7O2. The minimum atomic E-state index is -0.160. The first kappa shape index (κ1) is 21.4. The Kier molecular flexibility index (Phi) is 5.79. The van der Waals surface area contributed by atoms with Crippen LogP contribution in [0, 0.1) is 11.3 Å². The van der Waals surface area contributed by atoms with Crippen molar-refractivity contribution in [2.45, 2.75) is 25.3 Å². The quantitative estimate of drug-likeness (QED) is 0.485. The number of nitrogens with zero attached hydrogens (tertiary/aromatic N) is 6. The van der Waals surface area contributed by atoms with Crippen molar-refractivity contribution < 1.29 is 9.53 Å². The fourth-order valence-electron chi connectivity index (χ4n) is 4.32. The fraction of sp³-hybridized carbons (Fsp3) is 0.240. The van der Waals surface area contributed by atoms with Gasteiger partial charge in [0.05, 0.1) is 17.5 Å². The number of para-hydroxylation sites is 1. The highest BCUT2D eigenvalue weighted by Gasteiger charge is 2.28. The Bertz CT molecular complexity index is 1360. The number of nitrogen functional groups attached to an aromatic ring is 1. The molecule has 1 saturated heterocycles. The van der Waals surface area contributed by atoms with E-state index in [9.17, 15) is 4.79 Å². The van der Waals surface area contributed by atoms with Gasteiger partial charge in [0.2, 0.25) is 5.91 Å². The lowest BCUT2D eigenvalue weighted by Crippen LogP contribution is -2.40. The maximum absolute atomic E-state index is 12.3. The van der Waals surface area contributed by atoms with Gasteiger partial charge in [-0.2, -0.15) is 10.4 Å². The first-order valence-corrected chi connectivity index (χ1v) is 11.1. The van der Waals surface area contributed by atoms with Gasteiger partial charge in [-0.3, -0.25) is 4.79 Å². The lowest BCUT2D eigenvalue weighted by molar-refractivity contribution is -0.131. The predicted octanol–water partition coefficient (Wildman–Crippen LogP) is 3.94. The number of fused-ring (bicyclic) bond motifs is 1. The summed E-state index contributed by atoms with van der Waals surface area (Å²) in [7, 11) is 0. The number of aromatic nitrogens is 4. The molecule has 1 fully saturated rings. The van der Waals surface area contributed by atoms with E-state index in [1.54, 1.807) is 4.90 Å². The predicted molar refractivity (Wildman–Crippen MR) is 127 cm³/mol. The number of anilines is 1. The van der Waals surface area contributed by atoms with E-state index in [1.807, 2.05) is 65.3 Å². The second-order valence-corrected chi connectivity index (χ2v) is 8.16. The largest absolute Gasteiger partial charge is 0.457 e. The van der Waals surface area contributed by atoms with Crippen molar-refractivity contribution in [2.24, 2.45) is 0 Å². The lowest BCUT2D eigenvalue weighted by atomic mass is 10.1. The molecule has 1 aliphatic rings. The van der Waals surface area contributed by atoms with Crippen LogP contribution in [0.25, 0.3) is 22.3 Å². The maximum Gasteiger partial charge on any atom is 0.236 e. The highest BCUT2D eigenvalue weighted by molar-refractivity contribution is 5.98. The Labute approximate surface area is 196 Å². The molecule has 0 spiro atoms. The summed E-state index contributed by atoms with van der Waals surface area (Å²) >= 11 is 0. The van der Waals surface area contributed by atoms with Gasteiger partial charge in [0.25, 0.3) is 0 Å². The fourth-order valence-corrected chi connectivity index (χ4v) is 4.32. The van der Waals surface area contributed by atoms with Crippen LogP contribution in [0.15, 0.2) is 60.9 Å². The van der Waals surface area contributed by atoms with E-state index in [0.717, 1.165) is 24.2 Å². The van der Waals surface area contributed by atoms with Gasteiger partial charge in [0.1, 0.15) is 35.8 Å². The van der Waals surface area contributed by atoms with Crippen LogP contribution in [-0.2, 0) is 4.79 Å². The zero-order valence-electron chi connectivity index (χ0n) is 18.5. The maximum atomic E-state index is 12.3. The highest BCUT2D eigenvalue weighted by Crippen LogP contribution is 2.34. The van der Waals surface area contributed by atoms with Crippen molar-refractivity contribution >= 4 is 22.8 Å². The van der Waals surface area contributed by atoms with E-state index in [1.165, 1.54) is 6.33 Å². The summed E-state index contributed by atoms with van der Waals surface area (Å²) in [5.41, 5.74) is 8.43. The molecule has 4 aromatic rings. The third kappa shape index (κ3) is 4.13. The SMILES string of the molecule is N#CCC(=O)N1CCC[C@@H](n2nc(-c3ccc(Oc4ccccc4)cc3)c3c(N)ncnc32)C1. The van der Waals surface area contributed by atoms with Crippen LogP contribution in [0.5, 0.6) is 11.5 Å². The Hall–Kier alpha value is -4.45. The van der Waals surface area contributed by atoms with Crippen LogP contribution in [-0.4, -0.2) is 43.6 Å². The number of ether oxygens (including phenoxy) is 1. The van der Waals surface area contributed by atoms with Gasteiger partial charge in [-0.15, -0.1) is 0 Å². The number of hydrogen-bond acceptors (Lipinski definition) is 7. The molecule has 2 aromatic heterocycles.